The van der Waals surface area contributed by atoms with Crippen LogP contribution in [-0.2, 0) is 6.42 Å². The van der Waals surface area contributed by atoms with E-state index in [0.717, 1.165) is 24.3 Å². The summed E-state index contributed by atoms with van der Waals surface area (Å²) in [7, 11) is 0. The molecule has 1 aromatic carbocycles. The molecule has 0 saturated heterocycles. The lowest BCUT2D eigenvalue weighted by atomic mass is 10.0. The highest BCUT2D eigenvalue weighted by atomic mass is 32.2. The van der Waals surface area contributed by atoms with Gasteiger partial charge in [-0.1, -0.05) is 6.07 Å². The van der Waals surface area contributed by atoms with Gasteiger partial charge in [-0.3, -0.25) is 0 Å². The van der Waals surface area contributed by atoms with Crippen LogP contribution >= 0.6 is 11.8 Å². The summed E-state index contributed by atoms with van der Waals surface area (Å²) in [5.41, 5.74) is 0.635. The van der Waals surface area contributed by atoms with Crippen LogP contribution in [0.2, 0.25) is 0 Å². The Bertz CT molecular complexity index is 331. The normalized spacial score (nSPS) is 12.8. The predicted octanol–water partition coefficient (Wildman–Crippen LogP) is 3.01. The van der Waals surface area contributed by atoms with Crippen molar-refractivity contribution in [1.29, 1.82) is 0 Å². The van der Waals surface area contributed by atoms with Crippen LogP contribution in [0.15, 0.2) is 18.2 Å². The molecule has 4 heteroatoms. The number of thioether (sulfide) groups is 1. The number of benzene rings is 1. The van der Waals surface area contributed by atoms with Crippen molar-refractivity contribution in [2.75, 3.05) is 12.0 Å². The number of aliphatic hydroxyl groups excluding tert-OH is 1. The number of aliphatic hydroxyl groups is 1. The summed E-state index contributed by atoms with van der Waals surface area (Å²) < 4.78 is 25.5. The van der Waals surface area contributed by atoms with Gasteiger partial charge >= 0.3 is 0 Å². The molecular formula is C12H16F2OS. The third-order valence-electron chi connectivity index (χ3n) is 2.34. The van der Waals surface area contributed by atoms with Gasteiger partial charge in [-0.2, -0.15) is 11.8 Å². The van der Waals surface area contributed by atoms with Crippen LogP contribution in [0, 0.1) is 11.6 Å². The smallest absolute Gasteiger partial charge is 0.159 e. The third-order valence-corrected chi connectivity index (χ3v) is 3.04. The topological polar surface area (TPSA) is 20.2 Å². The van der Waals surface area contributed by atoms with Crippen molar-refractivity contribution in [2.24, 2.45) is 0 Å². The summed E-state index contributed by atoms with van der Waals surface area (Å²) in [5.74, 6) is -0.691. The molecule has 0 bridgehead atoms. The van der Waals surface area contributed by atoms with Gasteiger partial charge in [0.15, 0.2) is 11.6 Å². The van der Waals surface area contributed by atoms with Crippen LogP contribution in [0.4, 0.5) is 8.78 Å². The molecule has 1 nitrogen and oxygen atoms in total. The summed E-state index contributed by atoms with van der Waals surface area (Å²) in [6.45, 7) is 0. The molecule has 0 heterocycles. The molecule has 1 atom stereocenters. The van der Waals surface area contributed by atoms with E-state index in [0.29, 0.717) is 18.4 Å². The molecule has 0 saturated carbocycles. The molecule has 0 amide bonds. The first kappa shape index (κ1) is 13.5. The Balaban J connectivity index is 2.43. The lowest BCUT2D eigenvalue weighted by Gasteiger charge is -2.10. The van der Waals surface area contributed by atoms with Gasteiger partial charge in [0.25, 0.3) is 0 Å². The van der Waals surface area contributed by atoms with Crippen molar-refractivity contribution in [3.05, 3.63) is 35.4 Å². The van der Waals surface area contributed by atoms with E-state index in [1.54, 1.807) is 11.8 Å². The number of halogens is 2. The fourth-order valence-corrected chi connectivity index (χ4v) is 1.96. The summed E-state index contributed by atoms with van der Waals surface area (Å²) in [5, 5.41) is 9.66. The maximum absolute atomic E-state index is 12.9. The van der Waals surface area contributed by atoms with Gasteiger partial charge in [-0.15, -0.1) is 0 Å². The minimum atomic E-state index is -0.853. The van der Waals surface area contributed by atoms with Crippen molar-refractivity contribution in [2.45, 2.75) is 25.4 Å². The fourth-order valence-electron chi connectivity index (χ4n) is 1.50. The minimum Gasteiger partial charge on any atom is -0.393 e. The second-order valence-electron chi connectivity index (χ2n) is 3.74. The second-order valence-corrected chi connectivity index (χ2v) is 4.73. The SMILES string of the molecule is CSCCCC(O)Cc1ccc(F)c(F)c1. The Morgan fingerprint density at radius 2 is 2.06 bits per heavy atom. The fraction of sp³-hybridized carbons (Fsp3) is 0.500. The van der Waals surface area contributed by atoms with E-state index in [-0.39, 0.29) is 0 Å². The van der Waals surface area contributed by atoms with Crippen LogP contribution in [0.3, 0.4) is 0 Å². The molecule has 0 aromatic heterocycles. The molecule has 0 spiro atoms. The highest BCUT2D eigenvalue weighted by Crippen LogP contribution is 2.13. The first-order valence-corrected chi connectivity index (χ1v) is 6.64. The van der Waals surface area contributed by atoms with E-state index < -0.39 is 17.7 Å². The molecule has 0 aliphatic carbocycles. The molecule has 0 aliphatic rings. The van der Waals surface area contributed by atoms with E-state index >= 15 is 0 Å². The lowest BCUT2D eigenvalue weighted by Crippen LogP contribution is -2.11. The Hall–Kier alpha value is -0.610. The van der Waals surface area contributed by atoms with Crippen LogP contribution in [0.25, 0.3) is 0 Å². The van der Waals surface area contributed by atoms with Gasteiger partial charge < -0.3 is 5.11 Å². The van der Waals surface area contributed by atoms with E-state index in [4.69, 9.17) is 0 Å². The molecule has 0 radical (unpaired) electrons. The quantitative estimate of drug-likeness (QED) is 0.779. The van der Waals surface area contributed by atoms with Crippen LogP contribution in [-0.4, -0.2) is 23.2 Å². The standard InChI is InChI=1S/C12H16F2OS/c1-16-6-2-3-10(15)7-9-4-5-11(13)12(14)8-9/h4-5,8,10,15H,2-3,6-7H2,1H3. The Morgan fingerprint density at radius 3 is 2.69 bits per heavy atom. The molecule has 90 valence electrons. The van der Waals surface area contributed by atoms with Crippen molar-refractivity contribution in [3.8, 4) is 0 Å². The van der Waals surface area contributed by atoms with Crippen molar-refractivity contribution in [3.63, 3.8) is 0 Å². The molecule has 0 fully saturated rings. The first-order chi connectivity index (χ1) is 7.63. The van der Waals surface area contributed by atoms with Crippen LogP contribution < -0.4 is 0 Å². The van der Waals surface area contributed by atoms with Gasteiger partial charge in [0, 0.05) is 0 Å². The molecule has 1 rings (SSSR count). The van der Waals surface area contributed by atoms with E-state index in [1.165, 1.54) is 6.07 Å². The van der Waals surface area contributed by atoms with Crippen molar-refractivity contribution in [1.82, 2.24) is 0 Å². The van der Waals surface area contributed by atoms with Crippen LogP contribution in [0.1, 0.15) is 18.4 Å². The molecule has 16 heavy (non-hydrogen) atoms. The Morgan fingerprint density at radius 1 is 1.31 bits per heavy atom. The first-order valence-electron chi connectivity index (χ1n) is 5.24. The number of hydrogen-bond acceptors (Lipinski definition) is 2. The zero-order valence-electron chi connectivity index (χ0n) is 9.25. The maximum Gasteiger partial charge on any atom is 0.159 e. The van der Waals surface area contributed by atoms with Gasteiger partial charge in [0.2, 0.25) is 0 Å². The van der Waals surface area contributed by atoms with Gasteiger partial charge in [0.1, 0.15) is 0 Å². The average Bonchev–Trinajstić information content (AvgIpc) is 2.24. The van der Waals surface area contributed by atoms with Crippen molar-refractivity contribution < 1.29 is 13.9 Å². The van der Waals surface area contributed by atoms with E-state index in [9.17, 15) is 13.9 Å². The highest BCUT2D eigenvalue weighted by molar-refractivity contribution is 7.98. The molecular weight excluding hydrogens is 230 g/mol. The summed E-state index contributed by atoms with van der Waals surface area (Å²) in [4.78, 5) is 0. The summed E-state index contributed by atoms with van der Waals surface area (Å²) in [6.07, 6.45) is 3.55. The summed E-state index contributed by atoms with van der Waals surface area (Å²) in [6, 6.07) is 3.75. The third kappa shape index (κ3) is 4.49. The second kappa shape index (κ2) is 6.86. The zero-order chi connectivity index (χ0) is 12.0. The Labute approximate surface area is 98.9 Å². The minimum absolute atomic E-state index is 0.381. The highest BCUT2D eigenvalue weighted by Gasteiger charge is 2.08. The van der Waals surface area contributed by atoms with E-state index in [2.05, 4.69) is 0 Å². The average molecular weight is 246 g/mol. The maximum atomic E-state index is 12.9. The Kier molecular flexibility index (Phi) is 5.77. The van der Waals surface area contributed by atoms with Gasteiger partial charge in [0.05, 0.1) is 6.10 Å². The molecule has 1 aromatic rings. The van der Waals surface area contributed by atoms with Crippen molar-refractivity contribution >= 4 is 11.8 Å². The zero-order valence-corrected chi connectivity index (χ0v) is 10.1. The molecule has 0 aliphatic heterocycles. The van der Waals surface area contributed by atoms with Gasteiger partial charge in [-0.05, 0) is 49.0 Å². The van der Waals surface area contributed by atoms with Crippen LogP contribution in [0.5, 0.6) is 0 Å². The van der Waals surface area contributed by atoms with Gasteiger partial charge in [-0.25, -0.2) is 8.78 Å². The molecule has 1 N–H and O–H groups in total. The predicted molar refractivity (Wildman–Crippen MR) is 63.7 cm³/mol. The number of hydrogen-bond donors (Lipinski definition) is 1. The lowest BCUT2D eigenvalue weighted by molar-refractivity contribution is 0.164. The molecule has 1 unspecified atom stereocenters. The number of rotatable bonds is 6. The summed E-state index contributed by atoms with van der Waals surface area (Å²) >= 11 is 1.73. The largest absolute Gasteiger partial charge is 0.393 e. The van der Waals surface area contributed by atoms with E-state index in [1.807, 2.05) is 6.26 Å². The monoisotopic (exact) mass is 246 g/mol.